The number of amides is 1. The van der Waals surface area contributed by atoms with Crippen LogP contribution in [-0.2, 0) is 6.54 Å². The van der Waals surface area contributed by atoms with Crippen molar-refractivity contribution in [2.75, 3.05) is 0 Å². The molecule has 1 aliphatic rings. The van der Waals surface area contributed by atoms with Gasteiger partial charge >= 0.3 is 0 Å². The van der Waals surface area contributed by atoms with Crippen molar-refractivity contribution in [3.8, 4) is 5.75 Å². The van der Waals surface area contributed by atoms with Gasteiger partial charge in [0.1, 0.15) is 23.7 Å². The highest BCUT2D eigenvalue weighted by Crippen LogP contribution is 2.24. The van der Waals surface area contributed by atoms with Crippen molar-refractivity contribution in [1.82, 2.24) is 20.1 Å². The van der Waals surface area contributed by atoms with Crippen LogP contribution in [0.15, 0.2) is 36.8 Å². The first kappa shape index (κ1) is 17.4. The quantitative estimate of drug-likeness (QED) is 0.834. The fourth-order valence-corrected chi connectivity index (χ4v) is 3.10. The Morgan fingerprint density at radius 1 is 1.44 bits per heavy atom. The molecule has 2 heterocycles. The molecule has 3 rings (SSSR count). The van der Waals surface area contributed by atoms with Crippen LogP contribution >= 0.6 is 0 Å². The van der Waals surface area contributed by atoms with Gasteiger partial charge in [0.2, 0.25) is 0 Å². The van der Waals surface area contributed by atoms with E-state index in [-0.39, 0.29) is 18.1 Å². The molecule has 134 valence electrons. The van der Waals surface area contributed by atoms with Crippen LogP contribution in [0.25, 0.3) is 0 Å². The maximum Gasteiger partial charge on any atom is 0.272 e. The third-order valence-electron chi connectivity index (χ3n) is 4.36. The van der Waals surface area contributed by atoms with E-state index >= 15 is 0 Å². The number of rotatable bonds is 6. The predicted octanol–water partition coefficient (Wildman–Crippen LogP) is 1.78. The lowest BCUT2D eigenvalue weighted by Crippen LogP contribution is -2.52. The summed E-state index contributed by atoms with van der Waals surface area (Å²) in [7, 11) is 0. The first-order valence-corrected chi connectivity index (χ1v) is 8.76. The minimum Gasteiger partial charge on any atom is -0.486 e. The normalized spacial score (nSPS) is 23.2. The Hall–Kier alpha value is -2.41. The maximum absolute atomic E-state index is 12.4. The fourth-order valence-electron chi connectivity index (χ4n) is 3.10. The Balaban J connectivity index is 1.60. The summed E-state index contributed by atoms with van der Waals surface area (Å²) in [5.74, 6) is 0.359. The number of nitrogens with one attached hydrogen (secondary N) is 1. The number of pyridine rings is 1. The van der Waals surface area contributed by atoms with Crippen molar-refractivity contribution < 1.29 is 14.6 Å². The lowest BCUT2D eigenvalue weighted by Gasteiger charge is -2.35. The van der Waals surface area contributed by atoms with Crippen LogP contribution in [0, 0.1) is 0 Å². The molecule has 1 amide bonds. The number of carbonyl (C=O) groups excluding carboxylic acids is 1. The van der Waals surface area contributed by atoms with E-state index < -0.39 is 6.10 Å². The van der Waals surface area contributed by atoms with Gasteiger partial charge in [-0.15, -0.1) is 0 Å². The number of aliphatic hydroxyl groups excluding tert-OH is 1. The Bertz CT molecular complexity index is 689. The standard InChI is InChI=1S/C18H24N4O3/c1-2-10-22-11-8-15(21-22)18(24)20-14-6-3-7-16(17(14)23)25-13-5-4-9-19-12-13/h4-5,8-9,11-12,14,16-17,23H,2-3,6-7,10H2,1H3,(H,20,24)/t14-,16-,17-/m1/s1. The van der Waals surface area contributed by atoms with Gasteiger partial charge < -0.3 is 15.2 Å². The smallest absolute Gasteiger partial charge is 0.272 e. The van der Waals surface area contributed by atoms with Crippen LogP contribution in [0.5, 0.6) is 5.75 Å². The maximum atomic E-state index is 12.4. The number of aromatic nitrogens is 3. The molecule has 1 saturated carbocycles. The van der Waals surface area contributed by atoms with E-state index in [0.717, 1.165) is 32.2 Å². The summed E-state index contributed by atoms with van der Waals surface area (Å²) >= 11 is 0. The molecule has 3 atom stereocenters. The van der Waals surface area contributed by atoms with Crippen LogP contribution in [0.3, 0.4) is 0 Å². The molecule has 0 unspecified atom stereocenters. The van der Waals surface area contributed by atoms with Gasteiger partial charge in [-0.25, -0.2) is 0 Å². The number of hydrogen-bond acceptors (Lipinski definition) is 5. The minimum absolute atomic E-state index is 0.263. The fraction of sp³-hybridized carbons (Fsp3) is 0.500. The van der Waals surface area contributed by atoms with Gasteiger partial charge in [-0.05, 0) is 43.9 Å². The number of ether oxygens (including phenoxy) is 1. The van der Waals surface area contributed by atoms with Crippen molar-refractivity contribution in [2.24, 2.45) is 0 Å². The highest BCUT2D eigenvalue weighted by molar-refractivity contribution is 5.92. The molecule has 0 aliphatic heterocycles. The van der Waals surface area contributed by atoms with Crippen molar-refractivity contribution in [2.45, 2.75) is 57.4 Å². The molecule has 0 bridgehead atoms. The van der Waals surface area contributed by atoms with E-state index in [2.05, 4.69) is 22.3 Å². The molecule has 0 aromatic carbocycles. The van der Waals surface area contributed by atoms with Gasteiger partial charge in [-0.3, -0.25) is 14.5 Å². The lowest BCUT2D eigenvalue weighted by molar-refractivity contribution is -0.0142. The molecule has 2 aromatic rings. The number of aliphatic hydroxyl groups is 1. The van der Waals surface area contributed by atoms with E-state index in [4.69, 9.17) is 4.74 Å². The number of hydrogen-bond donors (Lipinski definition) is 2. The van der Waals surface area contributed by atoms with Crippen molar-refractivity contribution in [3.05, 3.63) is 42.5 Å². The molecule has 1 fully saturated rings. The first-order valence-electron chi connectivity index (χ1n) is 8.76. The van der Waals surface area contributed by atoms with Gasteiger partial charge in [0.05, 0.1) is 12.2 Å². The zero-order valence-electron chi connectivity index (χ0n) is 14.3. The Labute approximate surface area is 147 Å². The van der Waals surface area contributed by atoms with E-state index in [0.29, 0.717) is 11.4 Å². The van der Waals surface area contributed by atoms with Crippen molar-refractivity contribution in [3.63, 3.8) is 0 Å². The molecule has 2 aromatic heterocycles. The van der Waals surface area contributed by atoms with E-state index in [1.165, 1.54) is 0 Å². The van der Waals surface area contributed by atoms with Gasteiger partial charge in [-0.1, -0.05) is 6.92 Å². The highest BCUT2D eigenvalue weighted by atomic mass is 16.5. The van der Waals surface area contributed by atoms with Gasteiger partial charge in [-0.2, -0.15) is 5.10 Å². The Morgan fingerprint density at radius 3 is 3.08 bits per heavy atom. The third-order valence-corrected chi connectivity index (χ3v) is 4.36. The van der Waals surface area contributed by atoms with E-state index in [9.17, 15) is 9.90 Å². The first-order chi connectivity index (χ1) is 12.2. The largest absolute Gasteiger partial charge is 0.486 e. The number of carbonyl (C=O) groups is 1. The minimum atomic E-state index is -0.768. The molecule has 0 spiro atoms. The molecule has 7 heteroatoms. The molecular formula is C18H24N4O3. The van der Waals surface area contributed by atoms with Gasteiger partial charge in [0.25, 0.3) is 5.91 Å². The zero-order valence-corrected chi connectivity index (χ0v) is 14.3. The summed E-state index contributed by atoms with van der Waals surface area (Å²) in [4.78, 5) is 16.4. The van der Waals surface area contributed by atoms with Crippen LogP contribution in [-0.4, -0.2) is 44.0 Å². The zero-order chi connectivity index (χ0) is 17.6. The van der Waals surface area contributed by atoms with Gasteiger partial charge in [0, 0.05) is 18.9 Å². The third kappa shape index (κ3) is 4.36. The summed E-state index contributed by atoms with van der Waals surface area (Å²) < 4.78 is 7.59. The van der Waals surface area contributed by atoms with Crippen LogP contribution in [0.4, 0.5) is 0 Å². The molecule has 2 N–H and O–H groups in total. The topological polar surface area (TPSA) is 89.3 Å². The SMILES string of the molecule is CCCn1ccc(C(=O)N[C@@H]2CCC[C@@H](Oc3cccnc3)[C@@H]2O)n1. The van der Waals surface area contributed by atoms with Crippen LogP contribution in [0.2, 0.25) is 0 Å². The highest BCUT2D eigenvalue weighted by Gasteiger charge is 2.34. The summed E-state index contributed by atoms with van der Waals surface area (Å²) in [5.41, 5.74) is 0.371. The Morgan fingerprint density at radius 2 is 2.32 bits per heavy atom. The monoisotopic (exact) mass is 344 g/mol. The lowest BCUT2D eigenvalue weighted by atomic mass is 9.89. The molecule has 0 saturated heterocycles. The van der Waals surface area contributed by atoms with E-state index in [1.807, 2.05) is 6.07 Å². The van der Waals surface area contributed by atoms with Crippen LogP contribution in [0.1, 0.15) is 43.1 Å². The molecular weight excluding hydrogens is 320 g/mol. The average molecular weight is 344 g/mol. The summed E-state index contributed by atoms with van der Waals surface area (Å²) in [6.07, 6.45) is 7.25. The number of nitrogens with zero attached hydrogens (tertiary/aromatic N) is 3. The second-order valence-electron chi connectivity index (χ2n) is 6.31. The predicted molar refractivity (Wildman–Crippen MR) is 92.3 cm³/mol. The van der Waals surface area contributed by atoms with Crippen molar-refractivity contribution >= 4 is 5.91 Å². The summed E-state index contributed by atoms with van der Waals surface area (Å²) in [5, 5.41) is 17.7. The molecule has 0 radical (unpaired) electrons. The molecule has 25 heavy (non-hydrogen) atoms. The van der Waals surface area contributed by atoms with Crippen molar-refractivity contribution in [1.29, 1.82) is 0 Å². The second kappa shape index (κ2) is 8.11. The number of aryl methyl sites for hydroxylation is 1. The summed E-state index contributed by atoms with van der Waals surface area (Å²) in [6, 6.07) is 4.95. The van der Waals surface area contributed by atoms with Gasteiger partial charge in [0.15, 0.2) is 0 Å². The molecule has 1 aliphatic carbocycles. The summed E-state index contributed by atoms with van der Waals surface area (Å²) in [6.45, 7) is 2.84. The van der Waals surface area contributed by atoms with E-state index in [1.54, 1.807) is 35.4 Å². The average Bonchev–Trinajstić information content (AvgIpc) is 3.08. The van der Waals surface area contributed by atoms with Crippen LogP contribution < -0.4 is 10.1 Å². The molecule has 7 nitrogen and oxygen atoms in total. The Kier molecular flexibility index (Phi) is 5.65. The second-order valence-corrected chi connectivity index (χ2v) is 6.31.